The van der Waals surface area contributed by atoms with Gasteiger partial charge in [0.1, 0.15) is 11.6 Å². The summed E-state index contributed by atoms with van der Waals surface area (Å²) in [6.45, 7) is 1.30. The third-order valence-corrected chi connectivity index (χ3v) is 4.77. The van der Waals surface area contributed by atoms with E-state index in [0.717, 1.165) is 29.8 Å². The third kappa shape index (κ3) is 2.76. The molecule has 3 atom stereocenters. The minimum atomic E-state index is -0.212. The number of halogens is 1. The summed E-state index contributed by atoms with van der Waals surface area (Å²) in [6, 6.07) is 4.76. The first-order valence-corrected chi connectivity index (χ1v) is 7.37. The summed E-state index contributed by atoms with van der Waals surface area (Å²) in [5.41, 5.74) is 6.46. The number of ether oxygens (including phenoxy) is 1. The first-order chi connectivity index (χ1) is 9.26. The van der Waals surface area contributed by atoms with Gasteiger partial charge >= 0.3 is 0 Å². The maximum Gasteiger partial charge on any atom is 0.123 e. The molecule has 2 nitrogen and oxygen atoms in total. The Balaban J connectivity index is 1.63. The zero-order valence-corrected chi connectivity index (χ0v) is 11.3. The van der Waals surface area contributed by atoms with Crippen molar-refractivity contribution in [1.82, 2.24) is 0 Å². The van der Waals surface area contributed by atoms with Crippen molar-refractivity contribution in [2.24, 2.45) is 23.5 Å². The van der Waals surface area contributed by atoms with Crippen molar-refractivity contribution < 1.29 is 9.13 Å². The van der Waals surface area contributed by atoms with E-state index in [4.69, 9.17) is 10.5 Å². The molecule has 0 spiro atoms. The fourth-order valence-corrected chi connectivity index (χ4v) is 3.82. The Morgan fingerprint density at radius 1 is 1.26 bits per heavy atom. The molecule has 3 rings (SSSR count). The molecule has 2 N–H and O–H groups in total. The van der Waals surface area contributed by atoms with Crippen molar-refractivity contribution >= 4 is 0 Å². The predicted molar refractivity (Wildman–Crippen MR) is 73.6 cm³/mol. The molecule has 2 aliphatic rings. The molecule has 0 aliphatic heterocycles. The zero-order valence-electron chi connectivity index (χ0n) is 11.3. The number of benzene rings is 1. The average molecular weight is 263 g/mol. The van der Waals surface area contributed by atoms with Crippen LogP contribution in [0.15, 0.2) is 18.2 Å². The molecule has 0 radical (unpaired) electrons. The number of nitrogens with two attached hydrogens (primary N) is 1. The van der Waals surface area contributed by atoms with E-state index < -0.39 is 0 Å². The Bertz CT molecular complexity index is 448. The lowest BCUT2D eigenvalue weighted by atomic mass is 9.89. The molecule has 2 fully saturated rings. The molecule has 1 aromatic carbocycles. The summed E-state index contributed by atoms with van der Waals surface area (Å²) < 4.78 is 19.2. The molecule has 0 saturated heterocycles. The lowest BCUT2D eigenvalue weighted by Gasteiger charge is -2.22. The summed E-state index contributed by atoms with van der Waals surface area (Å²) >= 11 is 0. The minimum Gasteiger partial charge on any atom is -0.493 e. The maximum atomic E-state index is 13.2. The third-order valence-electron chi connectivity index (χ3n) is 4.77. The van der Waals surface area contributed by atoms with Gasteiger partial charge in [0.15, 0.2) is 0 Å². The Kier molecular flexibility index (Phi) is 3.74. The molecule has 2 bridgehead atoms. The van der Waals surface area contributed by atoms with E-state index in [1.165, 1.54) is 31.7 Å². The summed E-state index contributed by atoms with van der Waals surface area (Å²) in [5, 5.41) is 0. The highest BCUT2D eigenvalue weighted by Crippen LogP contribution is 2.48. The van der Waals surface area contributed by atoms with Crippen LogP contribution in [0, 0.1) is 23.6 Å². The summed E-state index contributed by atoms with van der Waals surface area (Å²) in [5.74, 6) is 3.11. The van der Waals surface area contributed by atoms with Crippen LogP contribution in [0.2, 0.25) is 0 Å². The zero-order chi connectivity index (χ0) is 13.2. The van der Waals surface area contributed by atoms with Gasteiger partial charge in [0.05, 0.1) is 6.61 Å². The van der Waals surface area contributed by atoms with Gasteiger partial charge in [-0.15, -0.1) is 0 Å². The largest absolute Gasteiger partial charge is 0.493 e. The lowest BCUT2D eigenvalue weighted by molar-refractivity contribution is 0.194. The average Bonchev–Trinajstić information content (AvgIpc) is 3.00. The Morgan fingerprint density at radius 2 is 2.16 bits per heavy atom. The number of hydrogen-bond acceptors (Lipinski definition) is 2. The monoisotopic (exact) mass is 263 g/mol. The molecule has 2 saturated carbocycles. The van der Waals surface area contributed by atoms with Crippen LogP contribution in [0.25, 0.3) is 0 Å². The summed E-state index contributed by atoms with van der Waals surface area (Å²) in [6.07, 6.45) is 6.17. The van der Waals surface area contributed by atoms with Crippen molar-refractivity contribution in [3.05, 3.63) is 29.6 Å². The molecule has 2 aliphatic carbocycles. The minimum absolute atomic E-state index is 0.212. The molecule has 104 valence electrons. The van der Waals surface area contributed by atoms with Crippen LogP contribution < -0.4 is 10.5 Å². The van der Waals surface area contributed by atoms with E-state index in [-0.39, 0.29) is 5.82 Å². The molecule has 0 heterocycles. The van der Waals surface area contributed by atoms with Crippen molar-refractivity contribution in [3.8, 4) is 5.75 Å². The van der Waals surface area contributed by atoms with Crippen molar-refractivity contribution in [2.45, 2.75) is 32.1 Å². The van der Waals surface area contributed by atoms with E-state index in [2.05, 4.69) is 0 Å². The van der Waals surface area contributed by atoms with Crippen molar-refractivity contribution in [2.75, 3.05) is 13.2 Å². The molecule has 3 unspecified atom stereocenters. The quantitative estimate of drug-likeness (QED) is 0.885. The van der Waals surface area contributed by atoms with E-state index >= 15 is 0 Å². The van der Waals surface area contributed by atoms with Gasteiger partial charge in [-0.05, 0) is 73.7 Å². The maximum absolute atomic E-state index is 13.2. The summed E-state index contributed by atoms with van der Waals surface area (Å²) in [7, 11) is 0. The Labute approximate surface area is 114 Å². The first-order valence-electron chi connectivity index (χ1n) is 7.37. The fourth-order valence-electron chi connectivity index (χ4n) is 3.82. The number of fused-ring (bicyclic) bond motifs is 2. The van der Waals surface area contributed by atoms with E-state index in [0.29, 0.717) is 18.9 Å². The molecule has 3 heteroatoms. The van der Waals surface area contributed by atoms with Gasteiger partial charge in [-0.2, -0.15) is 0 Å². The van der Waals surface area contributed by atoms with Gasteiger partial charge in [-0.25, -0.2) is 4.39 Å². The van der Waals surface area contributed by atoms with E-state index in [1.807, 2.05) is 0 Å². The van der Waals surface area contributed by atoms with Gasteiger partial charge in [-0.1, -0.05) is 6.42 Å². The Morgan fingerprint density at radius 3 is 2.84 bits per heavy atom. The van der Waals surface area contributed by atoms with E-state index in [9.17, 15) is 4.39 Å². The second-order valence-corrected chi connectivity index (χ2v) is 6.04. The first kappa shape index (κ1) is 12.9. The topological polar surface area (TPSA) is 35.2 Å². The van der Waals surface area contributed by atoms with Crippen LogP contribution in [0.3, 0.4) is 0 Å². The van der Waals surface area contributed by atoms with Crippen LogP contribution in [0.1, 0.15) is 31.2 Å². The van der Waals surface area contributed by atoms with Crippen LogP contribution in [0.5, 0.6) is 5.75 Å². The number of hydrogen-bond donors (Lipinski definition) is 1. The lowest BCUT2D eigenvalue weighted by Crippen LogP contribution is -2.19. The molecular weight excluding hydrogens is 241 g/mol. The highest BCUT2D eigenvalue weighted by molar-refractivity contribution is 5.34. The summed E-state index contributed by atoms with van der Waals surface area (Å²) in [4.78, 5) is 0. The fraction of sp³-hybridized carbons (Fsp3) is 0.625. The standard InChI is InChI=1S/C16H22FNO/c17-15-3-4-16(13(9-15)5-6-18)19-10-14-8-11-1-2-12(14)7-11/h3-4,9,11-12,14H,1-2,5-8,10,18H2. The van der Waals surface area contributed by atoms with E-state index in [1.54, 1.807) is 12.1 Å². The molecule has 19 heavy (non-hydrogen) atoms. The second-order valence-electron chi connectivity index (χ2n) is 6.04. The molecular formula is C16H22FNO. The molecule has 0 amide bonds. The Hall–Kier alpha value is -1.09. The van der Waals surface area contributed by atoms with Gasteiger partial charge in [0.2, 0.25) is 0 Å². The predicted octanol–water partition coefficient (Wildman–Crippen LogP) is 3.14. The number of rotatable bonds is 5. The van der Waals surface area contributed by atoms with Crippen LogP contribution in [-0.2, 0) is 6.42 Å². The van der Waals surface area contributed by atoms with Gasteiger partial charge in [-0.3, -0.25) is 0 Å². The van der Waals surface area contributed by atoms with Gasteiger partial charge < -0.3 is 10.5 Å². The second kappa shape index (κ2) is 5.49. The normalized spacial score (nSPS) is 28.8. The van der Waals surface area contributed by atoms with Crippen LogP contribution >= 0.6 is 0 Å². The molecule has 1 aromatic rings. The molecule has 0 aromatic heterocycles. The smallest absolute Gasteiger partial charge is 0.123 e. The van der Waals surface area contributed by atoms with Gasteiger partial charge in [0, 0.05) is 0 Å². The van der Waals surface area contributed by atoms with Crippen molar-refractivity contribution in [3.63, 3.8) is 0 Å². The van der Waals surface area contributed by atoms with Gasteiger partial charge in [0.25, 0.3) is 0 Å². The van der Waals surface area contributed by atoms with Crippen LogP contribution in [0.4, 0.5) is 4.39 Å². The highest BCUT2D eigenvalue weighted by Gasteiger charge is 2.39. The van der Waals surface area contributed by atoms with Crippen LogP contribution in [-0.4, -0.2) is 13.2 Å². The highest BCUT2D eigenvalue weighted by atomic mass is 19.1. The SMILES string of the molecule is NCCc1cc(F)ccc1OCC1CC2CCC1C2. The van der Waals surface area contributed by atoms with Crippen molar-refractivity contribution in [1.29, 1.82) is 0 Å².